The normalized spacial score (nSPS) is 22.8. The van der Waals surface area contributed by atoms with Gasteiger partial charge in [-0.05, 0) is 0 Å². The minimum absolute atomic E-state index is 0.0207. The standard InChI is InChI=1S/C16H24N8O7S/c1-20(2)14(25)13-12-11(10-6-23(13)16(26)24(10)31-32(27,28)29)9(19-21(12)3)7-30-8-4-22(5-8)15(17)18/h8,10,13H,4-7H2,1-3H3,(H3,17,18)(H,27,28,29). The van der Waals surface area contributed by atoms with Crippen molar-refractivity contribution >= 4 is 28.3 Å². The number of ether oxygens (including phenoxy) is 1. The number of nitrogens with two attached hydrogens (primary N) is 1. The van der Waals surface area contributed by atoms with E-state index in [2.05, 4.69) is 9.38 Å². The number of nitrogens with one attached hydrogen (secondary N) is 1. The molecule has 32 heavy (non-hydrogen) atoms. The second kappa shape index (κ2) is 7.58. The third kappa shape index (κ3) is 3.64. The van der Waals surface area contributed by atoms with Gasteiger partial charge in [-0.1, -0.05) is 0 Å². The maximum Gasteiger partial charge on any atom is 0.418 e. The number of fused-ring (bicyclic) bond motifs is 4. The lowest BCUT2D eigenvalue weighted by Gasteiger charge is -2.39. The highest BCUT2D eigenvalue weighted by atomic mass is 32.3. The predicted molar refractivity (Wildman–Crippen MR) is 106 cm³/mol. The summed E-state index contributed by atoms with van der Waals surface area (Å²) >= 11 is 0. The van der Waals surface area contributed by atoms with Crippen molar-refractivity contribution in [1.82, 2.24) is 29.5 Å². The van der Waals surface area contributed by atoms with Crippen LogP contribution in [-0.2, 0) is 37.9 Å². The molecule has 15 nitrogen and oxygen atoms in total. The number of likely N-dealkylation sites (tertiary alicyclic amines) is 1. The zero-order valence-corrected chi connectivity index (χ0v) is 18.4. The van der Waals surface area contributed by atoms with Crippen molar-refractivity contribution in [2.75, 3.05) is 33.7 Å². The Labute approximate surface area is 183 Å². The molecule has 4 N–H and O–H groups in total. The Bertz CT molecular complexity index is 1080. The first-order valence-electron chi connectivity index (χ1n) is 9.63. The lowest BCUT2D eigenvalue weighted by Crippen LogP contribution is -2.56. The molecule has 2 saturated heterocycles. The van der Waals surface area contributed by atoms with Crippen LogP contribution in [0, 0.1) is 5.41 Å². The first-order valence-corrected chi connectivity index (χ1v) is 11.0. The number of urea groups is 1. The average Bonchev–Trinajstić information content (AvgIpc) is 3.10. The second-order valence-electron chi connectivity index (χ2n) is 8.01. The molecule has 3 aliphatic rings. The van der Waals surface area contributed by atoms with E-state index in [1.807, 2.05) is 0 Å². The quantitative estimate of drug-likeness (QED) is 0.241. The van der Waals surface area contributed by atoms with E-state index in [0.717, 1.165) is 0 Å². The van der Waals surface area contributed by atoms with E-state index in [-0.39, 0.29) is 25.2 Å². The minimum atomic E-state index is -4.99. The largest absolute Gasteiger partial charge is 0.418 e. The van der Waals surface area contributed by atoms with Crippen molar-refractivity contribution < 1.29 is 31.6 Å². The summed E-state index contributed by atoms with van der Waals surface area (Å²) in [4.78, 5) is 30.0. The van der Waals surface area contributed by atoms with Crippen LogP contribution in [0.4, 0.5) is 4.79 Å². The molecule has 2 unspecified atom stereocenters. The number of hydroxylamine groups is 2. The summed E-state index contributed by atoms with van der Waals surface area (Å²) < 4.78 is 43.8. The van der Waals surface area contributed by atoms with Crippen LogP contribution in [0.25, 0.3) is 0 Å². The fourth-order valence-electron chi connectivity index (χ4n) is 4.19. The van der Waals surface area contributed by atoms with Gasteiger partial charge in [-0.2, -0.15) is 18.6 Å². The van der Waals surface area contributed by atoms with E-state index in [0.29, 0.717) is 35.1 Å². The molecular formula is C16H24N8O7S. The van der Waals surface area contributed by atoms with Crippen molar-refractivity contribution in [2.45, 2.75) is 24.8 Å². The topological polar surface area (TPSA) is 188 Å². The van der Waals surface area contributed by atoms with E-state index in [4.69, 9.17) is 15.9 Å². The van der Waals surface area contributed by atoms with Gasteiger partial charge in [0.15, 0.2) is 12.0 Å². The molecule has 2 bridgehead atoms. The van der Waals surface area contributed by atoms with Gasteiger partial charge in [-0.15, -0.1) is 4.28 Å². The fourth-order valence-corrected chi connectivity index (χ4v) is 4.56. The number of carbonyl (C=O) groups excluding carboxylic acids is 2. The van der Waals surface area contributed by atoms with Gasteiger partial charge in [0.25, 0.3) is 5.91 Å². The number of hydrogen-bond acceptors (Lipinski definition) is 8. The van der Waals surface area contributed by atoms with Gasteiger partial charge in [-0.3, -0.25) is 19.4 Å². The van der Waals surface area contributed by atoms with Gasteiger partial charge < -0.3 is 25.2 Å². The summed E-state index contributed by atoms with van der Waals surface area (Å²) in [5, 5.41) is 12.4. The average molecular weight is 472 g/mol. The monoisotopic (exact) mass is 472 g/mol. The van der Waals surface area contributed by atoms with Crippen molar-refractivity contribution in [3.63, 3.8) is 0 Å². The smallest absolute Gasteiger partial charge is 0.370 e. The zero-order chi connectivity index (χ0) is 23.5. The van der Waals surface area contributed by atoms with Gasteiger partial charge >= 0.3 is 16.4 Å². The van der Waals surface area contributed by atoms with Crippen LogP contribution in [0.3, 0.4) is 0 Å². The van der Waals surface area contributed by atoms with Gasteiger partial charge in [0, 0.05) is 39.8 Å². The highest BCUT2D eigenvalue weighted by molar-refractivity contribution is 7.80. The van der Waals surface area contributed by atoms with Crippen LogP contribution in [-0.4, -0.2) is 100 Å². The molecule has 176 valence electrons. The number of nitrogens with zero attached hydrogens (tertiary/aromatic N) is 6. The zero-order valence-electron chi connectivity index (χ0n) is 17.6. The third-order valence-corrected chi connectivity index (χ3v) is 6.04. The lowest BCUT2D eigenvalue weighted by molar-refractivity contribution is -0.134. The summed E-state index contributed by atoms with van der Waals surface area (Å²) in [5.74, 6) is -0.453. The molecule has 3 amide bonds. The number of aromatic nitrogens is 2. The fraction of sp³-hybridized carbons (Fsp3) is 0.625. The van der Waals surface area contributed by atoms with E-state index >= 15 is 0 Å². The number of aryl methyl sites for hydroxylation is 1. The van der Waals surface area contributed by atoms with Crippen LogP contribution in [0.2, 0.25) is 0 Å². The molecule has 2 fully saturated rings. The van der Waals surface area contributed by atoms with Crippen LogP contribution in [0.15, 0.2) is 0 Å². The number of rotatable bonds is 6. The maximum absolute atomic E-state index is 13.0. The Morgan fingerprint density at radius 2 is 2.00 bits per heavy atom. The summed E-state index contributed by atoms with van der Waals surface area (Å²) in [6.45, 7) is 0.873. The van der Waals surface area contributed by atoms with Crippen LogP contribution in [0.1, 0.15) is 29.0 Å². The molecule has 3 aliphatic heterocycles. The first kappa shape index (κ1) is 22.3. The predicted octanol–water partition coefficient (Wildman–Crippen LogP) is -1.83. The first-order chi connectivity index (χ1) is 14.9. The second-order valence-corrected chi connectivity index (χ2v) is 9.01. The molecule has 0 spiro atoms. The summed E-state index contributed by atoms with van der Waals surface area (Å²) in [5.41, 5.74) is 6.67. The molecule has 4 heterocycles. The summed E-state index contributed by atoms with van der Waals surface area (Å²) in [6, 6.07) is -2.85. The van der Waals surface area contributed by atoms with Gasteiger partial charge in [0.1, 0.15) is 6.04 Å². The molecule has 0 aromatic carbocycles. The number of carbonyl (C=O) groups is 2. The molecule has 4 rings (SSSR count). The number of amides is 3. The Morgan fingerprint density at radius 1 is 1.34 bits per heavy atom. The number of hydrogen-bond donors (Lipinski definition) is 3. The van der Waals surface area contributed by atoms with E-state index in [1.165, 1.54) is 14.5 Å². The lowest BCUT2D eigenvalue weighted by atomic mass is 9.94. The van der Waals surface area contributed by atoms with E-state index < -0.39 is 34.4 Å². The Kier molecular flexibility index (Phi) is 5.27. The van der Waals surface area contributed by atoms with E-state index in [1.54, 1.807) is 26.0 Å². The molecule has 0 aliphatic carbocycles. The molecular weight excluding hydrogens is 448 g/mol. The van der Waals surface area contributed by atoms with Gasteiger partial charge in [0.2, 0.25) is 0 Å². The SMILES string of the molecule is CN(C)C(=O)C1c2c(c(COC3CN(C(=N)N)C3)nn2C)C2CN1C(=O)N2OS(=O)(=O)O. The van der Waals surface area contributed by atoms with Crippen LogP contribution in [0.5, 0.6) is 0 Å². The molecule has 1 aromatic heterocycles. The van der Waals surface area contributed by atoms with Crippen molar-refractivity contribution in [1.29, 1.82) is 5.41 Å². The van der Waals surface area contributed by atoms with Crippen molar-refractivity contribution in [3.05, 3.63) is 17.0 Å². The minimum Gasteiger partial charge on any atom is -0.370 e. The number of likely N-dealkylation sites (N-methyl/N-ethyl adjacent to an activating group) is 1. The molecule has 16 heteroatoms. The highest BCUT2D eigenvalue weighted by Crippen LogP contribution is 2.46. The highest BCUT2D eigenvalue weighted by Gasteiger charge is 2.55. The molecule has 1 aromatic rings. The van der Waals surface area contributed by atoms with Crippen molar-refractivity contribution in [3.8, 4) is 0 Å². The molecule has 2 atom stereocenters. The maximum atomic E-state index is 13.0. The van der Waals surface area contributed by atoms with Crippen LogP contribution < -0.4 is 5.73 Å². The summed E-state index contributed by atoms with van der Waals surface area (Å²) in [6.07, 6.45) is -0.189. The van der Waals surface area contributed by atoms with E-state index in [9.17, 15) is 22.6 Å². The summed E-state index contributed by atoms with van der Waals surface area (Å²) in [7, 11) is -0.294. The Morgan fingerprint density at radius 3 is 2.56 bits per heavy atom. The van der Waals surface area contributed by atoms with Gasteiger partial charge in [0.05, 0.1) is 30.6 Å². The van der Waals surface area contributed by atoms with Crippen LogP contribution >= 0.6 is 0 Å². The van der Waals surface area contributed by atoms with Gasteiger partial charge in [-0.25, -0.2) is 4.79 Å². The van der Waals surface area contributed by atoms with Crippen molar-refractivity contribution in [2.24, 2.45) is 12.8 Å². The Balaban J connectivity index is 1.68. The molecule has 0 radical (unpaired) electrons. The number of guanidine groups is 1. The Hall–Kier alpha value is -2.95. The molecule has 0 saturated carbocycles. The third-order valence-electron chi connectivity index (χ3n) is 5.69.